The second-order valence-corrected chi connectivity index (χ2v) is 12.1. The Morgan fingerprint density at radius 3 is 1.29 bits per heavy atom. The maximum atomic E-state index is 11.0. The quantitative estimate of drug-likeness (QED) is 0.0479. The molecule has 7 heteroatoms. The van der Waals surface area contributed by atoms with Gasteiger partial charge in [0.2, 0.25) is 0 Å². The lowest BCUT2D eigenvalue weighted by atomic mass is 10.0. The Morgan fingerprint density at radius 1 is 0.512 bits per heavy atom. The first kappa shape index (κ1) is 39.1. The smallest absolute Gasteiger partial charge is 0.303 e. The molecule has 0 radical (unpaired) electrons. The molecule has 0 spiro atoms. The maximum absolute atomic E-state index is 11.0. The standard InChI is InChI=1S/C34H63NO6/c1-2-3-4-5-6-7-8-9-10-11-12-13-14-15-16-17-21-28-35(29-22-18-25-32(36)37,30-23-19-26-33(38)39)31-24-20-27-34(40)41/h15-16H,2-14,17-31H2,1H3,(H2-,36,37,38,39,40,41)/b16-15+. The van der Waals surface area contributed by atoms with Crippen molar-refractivity contribution in [2.45, 2.75) is 161 Å². The molecule has 0 unspecified atom stereocenters. The number of carboxylic acid groups (broad SMARTS) is 3. The van der Waals surface area contributed by atoms with Crippen LogP contribution in [-0.4, -0.2) is 58.8 Å². The molecule has 0 aromatic carbocycles. The fourth-order valence-electron chi connectivity index (χ4n) is 5.72. The van der Waals surface area contributed by atoms with E-state index >= 15 is 0 Å². The number of carbonyl (C=O) groups excluding carboxylic acids is 1. The molecule has 0 aliphatic carbocycles. The molecule has 0 amide bonds. The minimum Gasteiger partial charge on any atom is -0.550 e. The Kier molecular flexibility index (Phi) is 26.9. The molecule has 0 heterocycles. The predicted molar refractivity (Wildman–Crippen MR) is 166 cm³/mol. The van der Waals surface area contributed by atoms with Gasteiger partial charge >= 0.3 is 11.9 Å². The first-order valence-corrected chi connectivity index (χ1v) is 16.9. The topological polar surface area (TPSA) is 115 Å². The summed E-state index contributed by atoms with van der Waals surface area (Å²) < 4.78 is 0.818. The van der Waals surface area contributed by atoms with Crippen LogP contribution in [-0.2, 0) is 14.4 Å². The average Bonchev–Trinajstić information content (AvgIpc) is 2.93. The van der Waals surface area contributed by atoms with Gasteiger partial charge in [-0.05, 0) is 64.2 Å². The van der Waals surface area contributed by atoms with Crippen LogP contribution in [0.1, 0.15) is 161 Å². The zero-order valence-corrected chi connectivity index (χ0v) is 26.4. The van der Waals surface area contributed by atoms with E-state index in [1.807, 2.05) is 0 Å². The molecule has 0 fully saturated rings. The highest BCUT2D eigenvalue weighted by molar-refractivity contribution is 5.66. The number of allylic oxidation sites excluding steroid dienone is 2. The zero-order chi connectivity index (χ0) is 30.4. The van der Waals surface area contributed by atoms with E-state index in [4.69, 9.17) is 10.2 Å². The second-order valence-electron chi connectivity index (χ2n) is 12.1. The summed E-state index contributed by atoms with van der Waals surface area (Å²) in [4.78, 5) is 32.9. The molecule has 0 aliphatic rings. The van der Waals surface area contributed by atoms with E-state index in [1.165, 1.54) is 77.0 Å². The van der Waals surface area contributed by atoms with Crippen molar-refractivity contribution in [2.75, 3.05) is 26.2 Å². The van der Waals surface area contributed by atoms with E-state index in [0.717, 1.165) is 69.2 Å². The number of aliphatic carboxylic acids is 3. The predicted octanol–water partition coefficient (Wildman–Crippen LogP) is 7.66. The summed E-state index contributed by atoms with van der Waals surface area (Å²) in [5.74, 6) is -2.59. The minimum atomic E-state index is -1.02. The van der Waals surface area contributed by atoms with Crippen LogP contribution in [0, 0.1) is 0 Å². The molecule has 0 rings (SSSR count). The largest absolute Gasteiger partial charge is 0.550 e. The Labute approximate surface area is 251 Å². The lowest BCUT2D eigenvalue weighted by molar-refractivity contribution is -0.929. The van der Waals surface area contributed by atoms with Crippen molar-refractivity contribution < 1.29 is 34.2 Å². The summed E-state index contributed by atoms with van der Waals surface area (Å²) in [6.07, 6.45) is 28.7. The molecule has 0 aromatic rings. The first-order valence-electron chi connectivity index (χ1n) is 16.9. The van der Waals surface area contributed by atoms with E-state index in [9.17, 15) is 19.5 Å². The summed E-state index contributed by atoms with van der Waals surface area (Å²) in [5.41, 5.74) is 0. The van der Waals surface area contributed by atoms with E-state index < -0.39 is 17.9 Å². The van der Waals surface area contributed by atoms with E-state index in [0.29, 0.717) is 19.3 Å². The maximum Gasteiger partial charge on any atom is 0.303 e. The van der Waals surface area contributed by atoms with Crippen LogP contribution in [0.15, 0.2) is 12.2 Å². The van der Waals surface area contributed by atoms with Crippen molar-refractivity contribution in [3.63, 3.8) is 0 Å². The van der Waals surface area contributed by atoms with Gasteiger partial charge in [-0.1, -0.05) is 89.7 Å². The van der Waals surface area contributed by atoms with Crippen LogP contribution < -0.4 is 5.11 Å². The number of carbonyl (C=O) groups is 3. The molecule has 7 nitrogen and oxygen atoms in total. The van der Waals surface area contributed by atoms with Crippen LogP contribution in [0.5, 0.6) is 0 Å². The molecule has 240 valence electrons. The van der Waals surface area contributed by atoms with Gasteiger partial charge in [0.1, 0.15) is 0 Å². The van der Waals surface area contributed by atoms with Gasteiger partial charge in [-0.3, -0.25) is 9.59 Å². The molecule has 0 saturated carbocycles. The number of carboxylic acids is 3. The number of hydrogen-bond donors (Lipinski definition) is 2. The number of quaternary nitrogens is 1. The Bertz CT molecular complexity index is 623. The number of hydrogen-bond acceptors (Lipinski definition) is 4. The molecule has 0 saturated heterocycles. The van der Waals surface area contributed by atoms with Crippen molar-refractivity contribution in [3.8, 4) is 0 Å². The summed E-state index contributed by atoms with van der Waals surface area (Å²) in [6.45, 7) is 5.77. The third kappa shape index (κ3) is 28.0. The van der Waals surface area contributed by atoms with Crippen LogP contribution in [0.4, 0.5) is 0 Å². The Morgan fingerprint density at radius 2 is 0.878 bits per heavy atom. The lowest BCUT2D eigenvalue weighted by Crippen LogP contribution is -2.51. The minimum absolute atomic E-state index is 0.0554. The first-order chi connectivity index (χ1) is 19.8. The molecule has 41 heavy (non-hydrogen) atoms. The fraction of sp³-hybridized carbons (Fsp3) is 0.853. The van der Waals surface area contributed by atoms with Crippen molar-refractivity contribution in [1.82, 2.24) is 0 Å². The van der Waals surface area contributed by atoms with Crippen molar-refractivity contribution in [3.05, 3.63) is 12.2 Å². The fourth-order valence-corrected chi connectivity index (χ4v) is 5.72. The summed E-state index contributed by atoms with van der Waals surface area (Å²) in [7, 11) is 0. The van der Waals surface area contributed by atoms with Gasteiger partial charge in [0.25, 0.3) is 0 Å². The highest BCUT2D eigenvalue weighted by atomic mass is 16.4. The van der Waals surface area contributed by atoms with Crippen molar-refractivity contribution in [2.24, 2.45) is 0 Å². The molecular formula is C34H63NO6. The van der Waals surface area contributed by atoms with E-state index in [2.05, 4.69) is 19.1 Å². The van der Waals surface area contributed by atoms with Gasteiger partial charge in [0.05, 0.1) is 26.2 Å². The van der Waals surface area contributed by atoms with E-state index in [1.54, 1.807) is 0 Å². The van der Waals surface area contributed by atoms with Gasteiger partial charge in [0.15, 0.2) is 0 Å². The number of unbranched alkanes of at least 4 members (excludes halogenated alkanes) is 16. The summed E-state index contributed by atoms with van der Waals surface area (Å²) in [5, 5.41) is 28.9. The summed E-state index contributed by atoms with van der Waals surface area (Å²) in [6, 6.07) is 0. The Hall–Kier alpha value is -1.89. The molecule has 2 N–H and O–H groups in total. The monoisotopic (exact) mass is 581 g/mol. The van der Waals surface area contributed by atoms with Gasteiger partial charge < -0.3 is 24.6 Å². The van der Waals surface area contributed by atoms with Crippen LogP contribution in [0.3, 0.4) is 0 Å². The van der Waals surface area contributed by atoms with Crippen LogP contribution in [0.2, 0.25) is 0 Å². The van der Waals surface area contributed by atoms with Crippen LogP contribution in [0.25, 0.3) is 0 Å². The normalized spacial score (nSPS) is 11.8. The SMILES string of the molecule is CCCCCCCCCCCCCC/C=C/CCC[N+](CCCCC(=O)[O-])(CCCCC(=O)O)CCCCC(=O)O. The van der Waals surface area contributed by atoms with Gasteiger partial charge in [0, 0.05) is 25.2 Å². The van der Waals surface area contributed by atoms with Gasteiger partial charge in [-0.2, -0.15) is 0 Å². The highest BCUT2D eigenvalue weighted by Gasteiger charge is 2.26. The molecular weight excluding hydrogens is 518 g/mol. The molecule has 0 aliphatic heterocycles. The van der Waals surface area contributed by atoms with E-state index in [-0.39, 0.29) is 19.3 Å². The average molecular weight is 582 g/mol. The highest BCUT2D eigenvalue weighted by Crippen LogP contribution is 2.19. The third-order valence-corrected chi connectivity index (χ3v) is 8.20. The Balaban J connectivity index is 4.45. The van der Waals surface area contributed by atoms with Crippen LogP contribution >= 0.6 is 0 Å². The molecule has 0 aromatic heterocycles. The van der Waals surface area contributed by atoms with Crippen molar-refractivity contribution >= 4 is 17.9 Å². The number of rotatable bonds is 32. The summed E-state index contributed by atoms with van der Waals surface area (Å²) >= 11 is 0. The third-order valence-electron chi connectivity index (χ3n) is 8.20. The lowest BCUT2D eigenvalue weighted by Gasteiger charge is -2.39. The second kappa shape index (κ2) is 28.2. The molecule has 0 atom stereocenters. The van der Waals surface area contributed by atoms with Gasteiger partial charge in [-0.15, -0.1) is 0 Å². The van der Waals surface area contributed by atoms with Gasteiger partial charge in [-0.25, -0.2) is 0 Å². The molecule has 0 bridgehead atoms. The number of nitrogens with zero attached hydrogens (tertiary/aromatic N) is 1. The van der Waals surface area contributed by atoms with Crippen molar-refractivity contribution in [1.29, 1.82) is 0 Å². The zero-order valence-electron chi connectivity index (χ0n) is 26.4.